The maximum absolute atomic E-state index is 12.2. The molecule has 0 aliphatic carbocycles. The SMILES string of the molecule is CC1CN(C(=O)Nc2ccc(I)cc2C(=O)O)CCC1O. The molecule has 2 atom stereocenters. The first-order chi connectivity index (χ1) is 9.88. The molecule has 6 nitrogen and oxygen atoms in total. The Balaban J connectivity index is 2.11. The molecule has 2 amide bonds. The van der Waals surface area contributed by atoms with Crippen LogP contribution in [-0.2, 0) is 0 Å². The van der Waals surface area contributed by atoms with E-state index in [1.165, 1.54) is 6.07 Å². The third-order valence-electron chi connectivity index (χ3n) is 3.60. The largest absolute Gasteiger partial charge is 0.478 e. The molecule has 3 N–H and O–H groups in total. The van der Waals surface area contributed by atoms with E-state index in [4.69, 9.17) is 0 Å². The summed E-state index contributed by atoms with van der Waals surface area (Å²) in [6, 6.07) is 4.51. The van der Waals surface area contributed by atoms with E-state index in [1.807, 2.05) is 29.5 Å². The third-order valence-corrected chi connectivity index (χ3v) is 4.27. The van der Waals surface area contributed by atoms with Crippen LogP contribution in [0.3, 0.4) is 0 Å². The zero-order valence-electron chi connectivity index (χ0n) is 11.5. The average Bonchev–Trinajstić information content (AvgIpc) is 2.43. The zero-order valence-corrected chi connectivity index (χ0v) is 13.7. The number of benzene rings is 1. The number of nitrogens with zero attached hydrogens (tertiary/aromatic N) is 1. The van der Waals surface area contributed by atoms with Gasteiger partial charge in [-0.3, -0.25) is 0 Å². The Bertz CT molecular complexity index is 564. The molecular formula is C14H17IN2O4. The normalized spacial score (nSPS) is 22.0. The number of carbonyl (C=O) groups is 2. The number of rotatable bonds is 2. The van der Waals surface area contributed by atoms with E-state index in [-0.39, 0.29) is 29.3 Å². The Morgan fingerprint density at radius 3 is 2.76 bits per heavy atom. The van der Waals surface area contributed by atoms with E-state index in [9.17, 15) is 19.8 Å². The van der Waals surface area contributed by atoms with Crippen LogP contribution < -0.4 is 5.32 Å². The van der Waals surface area contributed by atoms with Crippen LogP contribution in [0, 0.1) is 9.49 Å². The predicted octanol–water partition coefficient (Wildman–Crippen LogP) is 2.22. The van der Waals surface area contributed by atoms with Crippen molar-refractivity contribution in [3.63, 3.8) is 0 Å². The lowest BCUT2D eigenvalue weighted by Crippen LogP contribution is -2.46. The highest BCUT2D eigenvalue weighted by atomic mass is 127. The van der Waals surface area contributed by atoms with Crippen LogP contribution in [-0.4, -0.2) is 46.3 Å². The second-order valence-electron chi connectivity index (χ2n) is 5.20. The standard InChI is InChI=1S/C14H17IN2O4/c1-8-7-17(5-4-12(8)18)14(21)16-11-3-2-9(15)6-10(11)13(19)20/h2-3,6,8,12,18H,4-5,7H2,1H3,(H,16,21)(H,19,20). The summed E-state index contributed by atoms with van der Waals surface area (Å²) < 4.78 is 0.790. The molecule has 1 aromatic rings. The highest BCUT2D eigenvalue weighted by Gasteiger charge is 2.27. The number of hydrogen-bond donors (Lipinski definition) is 3. The lowest BCUT2D eigenvalue weighted by atomic mass is 9.97. The summed E-state index contributed by atoms with van der Waals surface area (Å²) in [5.41, 5.74) is 0.354. The average molecular weight is 404 g/mol. The van der Waals surface area contributed by atoms with Gasteiger partial charge in [-0.1, -0.05) is 6.92 Å². The molecule has 2 rings (SSSR count). The molecule has 2 unspecified atom stereocenters. The summed E-state index contributed by atoms with van der Waals surface area (Å²) in [4.78, 5) is 25.0. The van der Waals surface area contributed by atoms with Crippen molar-refractivity contribution in [2.75, 3.05) is 18.4 Å². The maximum Gasteiger partial charge on any atom is 0.337 e. The van der Waals surface area contributed by atoms with Gasteiger partial charge < -0.3 is 20.4 Å². The molecule has 1 aliphatic rings. The van der Waals surface area contributed by atoms with Gasteiger partial charge in [-0.2, -0.15) is 0 Å². The van der Waals surface area contributed by atoms with Gasteiger partial charge in [-0.15, -0.1) is 0 Å². The second kappa shape index (κ2) is 6.61. The van der Waals surface area contributed by atoms with E-state index >= 15 is 0 Å². The van der Waals surface area contributed by atoms with E-state index in [0.29, 0.717) is 19.5 Å². The minimum Gasteiger partial charge on any atom is -0.478 e. The number of likely N-dealkylation sites (tertiary alicyclic amines) is 1. The maximum atomic E-state index is 12.2. The summed E-state index contributed by atoms with van der Waals surface area (Å²) in [5, 5.41) is 21.5. The molecular weight excluding hydrogens is 387 g/mol. The first-order valence-electron chi connectivity index (χ1n) is 6.65. The van der Waals surface area contributed by atoms with Crippen LogP contribution in [0.15, 0.2) is 18.2 Å². The number of carboxylic acid groups (broad SMARTS) is 1. The second-order valence-corrected chi connectivity index (χ2v) is 6.45. The number of aromatic carboxylic acids is 1. The lowest BCUT2D eigenvalue weighted by molar-refractivity contribution is 0.0506. The number of hydrogen-bond acceptors (Lipinski definition) is 3. The molecule has 0 saturated carbocycles. The fraction of sp³-hybridized carbons (Fsp3) is 0.429. The number of aliphatic hydroxyl groups excluding tert-OH is 1. The summed E-state index contributed by atoms with van der Waals surface area (Å²) >= 11 is 2.02. The van der Waals surface area contributed by atoms with E-state index in [2.05, 4.69) is 5.32 Å². The number of aliphatic hydroxyl groups is 1. The molecule has 114 valence electrons. The Kier molecular flexibility index (Phi) is 5.04. The van der Waals surface area contributed by atoms with Gasteiger partial charge in [0.25, 0.3) is 0 Å². The van der Waals surface area contributed by atoms with Crippen LogP contribution in [0.1, 0.15) is 23.7 Å². The Hall–Kier alpha value is -1.35. The van der Waals surface area contributed by atoms with Crippen molar-refractivity contribution in [3.05, 3.63) is 27.3 Å². The van der Waals surface area contributed by atoms with Crippen LogP contribution in [0.4, 0.5) is 10.5 Å². The van der Waals surface area contributed by atoms with Crippen molar-refractivity contribution in [1.82, 2.24) is 4.90 Å². The molecule has 0 bridgehead atoms. The molecule has 1 aliphatic heterocycles. The first kappa shape index (κ1) is 16.0. The summed E-state index contributed by atoms with van der Waals surface area (Å²) in [6.07, 6.45) is 0.148. The number of carboxylic acids is 1. The smallest absolute Gasteiger partial charge is 0.337 e. The quantitative estimate of drug-likeness (QED) is 0.660. The summed E-state index contributed by atoms with van der Waals surface area (Å²) in [6.45, 7) is 2.81. The molecule has 1 heterocycles. The topological polar surface area (TPSA) is 89.9 Å². The van der Waals surface area contributed by atoms with Crippen LogP contribution in [0.2, 0.25) is 0 Å². The molecule has 7 heteroatoms. The molecule has 0 aromatic heterocycles. The Labute approximate surface area is 136 Å². The third kappa shape index (κ3) is 3.85. The minimum atomic E-state index is -1.08. The number of nitrogens with one attached hydrogen (secondary N) is 1. The van der Waals surface area contributed by atoms with Crippen LogP contribution in [0.25, 0.3) is 0 Å². The fourth-order valence-electron chi connectivity index (χ4n) is 2.31. The van der Waals surface area contributed by atoms with Gasteiger partial charge in [0.05, 0.1) is 17.4 Å². The van der Waals surface area contributed by atoms with Crippen molar-refractivity contribution < 1.29 is 19.8 Å². The molecule has 0 spiro atoms. The Morgan fingerprint density at radius 1 is 1.43 bits per heavy atom. The van der Waals surface area contributed by atoms with Gasteiger partial charge in [0.15, 0.2) is 0 Å². The zero-order chi connectivity index (χ0) is 15.6. The van der Waals surface area contributed by atoms with Crippen molar-refractivity contribution in [1.29, 1.82) is 0 Å². The number of anilines is 1. The molecule has 1 saturated heterocycles. The molecule has 21 heavy (non-hydrogen) atoms. The van der Waals surface area contributed by atoms with Gasteiger partial charge in [-0.25, -0.2) is 9.59 Å². The van der Waals surface area contributed by atoms with Gasteiger partial charge in [0.2, 0.25) is 0 Å². The van der Waals surface area contributed by atoms with Crippen molar-refractivity contribution >= 4 is 40.3 Å². The minimum absolute atomic E-state index is 0.0140. The van der Waals surface area contributed by atoms with Gasteiger partial charge >= 0.3 is 12.0 Å². The monoisotopic (exact) mass is 404 g/mol. The first-order valence-corrected chi connectivity index (χ1v) is 7.73. The lowest BCUT2D eigenvalue weighted by Gasteiger charge is -2.34. The molecule has 1 aromatic carbocycles. The van der Waals surface area contributed by atoms with Crippen molar-refractivity contribution in [2.24, 2.45) is 5.92 Å². The fourth-order valence-corrected chi connectivity index (χ4v) is 2.81. The van der Waals surface area contributed by atoms with Crippen LogP contribution in [0.5, 0.6) is 0 Å². The van der Waals surface area contributed by atoms with Crippen molar-refractivity contribution in [2.45, 2.75) is 19.4 Å². The molecule has 0 radical (unpaired) electrons. The van der Waals surface area contributed by atoms with Gasteiger partial charge in [0, 0.05) is 16.7 Å². The number of piperidine rings is 1. The molecule has 1 fully saturated rings. The van der Waals surface area contributed by atoms with Gasteiger partial charge in [0.1, 0.15) is 0 Å². The number of carbonyl (C=O) groups excluding carboxylic acids is 1. The summed E-state index contributed by atoms with van der Waals surface area (Å²) in [5.74, 6) is -1.06. The number of amides is 2. The summed E-state index contributed by atoms with van der Waals surface area (Å²) in [7, 11) is 0. The number of halogens is 1. The van der Waals surface area contributed by atoms with E-state index < -0.39 is 5.97 Å². The highest BCUT2D eigenvalue weighted by molar-refractivity contribution is 14.1. The van der Waals surface area contributed by atoms with Gasteiger partial charge in [-0.05, 0) is 53.1 Å². The predicted molar refractivity (Wildman–Crippen MR) is 86.5 cm³/mol. The Morgan fingerprint density at radius 2 is 2.14 bits per heavy atom. The highest BCUT2D eigenvalue weighted by Crippen LogP contribution is 2.21. The van der Waals surface area contributed by atoms with Crippen LogP contribution >= 0.6 is 22.6 Å². The van der Waals surface area contributed by atoms with Crippen molar-refractivity contribution in [3.8, 4) is 0 Å². The van der Waals surface area contributed by atoms with E-state index in [1.54, 1.807) is 17.0 Å². The van der Waals surface area contributed by atoms with E-state index in [0.717, 1.165) is 3.57 Å². The number of urea groups is 1.